The molecule has 4 nitrogen and oxygen atoms in total. The molecule has 13 heavy (non-hydrogen) atoms. The first-order valence-corrected chi connectivity index (χ1v) is 4.36. The summed E-state index contributed by atoms with van der Waals surface area (Å²) in [7, 11) is 0. The number of amides is 3. The fraction of sp³-hybridized carbons (Fsp3) is 0.778. The summed E-state index contributed by atoms with van der Waals surface area (Å²) >= 11 is 0. The molecule has 0 spiro atoms. The number of primary amides is 1. The number of imide groups is 1. The fourth-order valence-electron chi connectivity index (χ4n) is 1.39. The molecule has 0 atom stereocenters. The third-order valence-electron chi connectivity index (χ3n) is 1.77. The lowest BCUT2D eigenvalue weighted by Crippen LogP contribution is -2.43. The Bertz CT molecular complexity index is 210. The van der Waals surface area contributed by atoms with Crippen molar-refractivity contribution < 1.29 is 9.59 Å². The van der Waals surface area contributed by atoms with Crippen LogP contribution >= 0.6 is 0 Å². The topological polar surface area (TPSA) is 72.2 Å². The lowest BCUT2D eigenvalue weighted by Gasteiger charge is -2.24. The second-order valence-corrected chi connectivity index (χ2v) is 4.30. The molecule has 3 amide bonds. The molecule has 0 fully saturated rings. The minimum absolute atomic E-state index is 0.311. The van der Waals surface area contributed by atoms with Gasteiger partial charge in [0.25, 0.3) is 0 Å². The number of nitrogens with two attached hydrogens (primary N) is 1. The van der Waals surface area contributed by atoms with Crippen LogP contribution in [-0.4, -0.2) is 11.9 Å². The van der Waals surface area contributed by atoms with Crippen LogP contribution in [-0.2, 0) is 4.79 Å². The number of hydrogen-bond acceptors (Lipinski definition) is 2. The monoisotopic (exact) mass is 186 g/mol. The van der Waals surface area contributed by atoms with Gasteiger partial charge >= 0.3 is 6.03 Å². The molecule has 3 N–H and O–H groups in total. The van der Waals surface area contributed by atoms with E-state index < -0.39 is 11.4 Å². The first kappa shape index (κ1) is 11.9. The molecule has 0 aliphatic carbocycles. The van der Waals surface area contributed by atoms with E-state index >= 15 is 0 Å². The lowest BCUT2D eigenvalue weighted by molar-refractivity contribution is -0.128. The van der Waals surface area contributed by atoms with E-state index in [1.807, 2.05) is 13.8 Å². The second kappa shape index (κ2) is 4.25. The predicted molar refractivity (Wildman–Crippen MR) is 51.0 cm³/mol. The smallest absolute Gasteiger partial charge is 0.318 e. The van der Waals surface area contributed by atoms with E-state index in [1.165, 1.54) is 0 Å². The number of nitrogens with one attached hydrogen (secondary N) is 1. The van der Waals surface area contributed by atoms with E-state index in [0.29, 0.717) is 5.92 Å². The van der Waals surface area contributed by atoms with Crippen molar-refractivity contribution >= 4 is 11.9 Å². The van der Waals surface area contributed by atoms with Crippen LogP contribution in [0, 0.1) is 11.3 Å². The van der Waals surface area contributed by atoms with Gasteiger partial charge in [-0.05, 0) is 12.3 Å². The minimum Gasteiger partial charge on any atom is -0.351 e. The Morgan fingerprint density at radius 1 is 1.38 bits per heavy atom. The average molecular weight is 186 g/mol. The van der Waals surface area contributed by atoms with E-state index in [4.69, 9.17) is 5.73 Å². The Labute approximate surface area is 78.9 Å². The molecule has 0 saturated carbocycles. The van der Waals surface area contributed by atoms with Crippen LogP contribution in [0.25, 0.3) is 0 Å². The second-order valence-electron chi connectivity index (χ2n) is 4.30. The summed E-state index contributed by atoms with van der Waals surface area (Å²) in [6.45, 7) is 7.65. The zero-order chi connectivity index (χ0) is 10.6. The Morgan fingerprint density at radius 2 is 1.85 bits per heavy atom. The molecular weight excluding hydrogens is 168 g/mol. The normalized spacial score (nSPS) is 11.5. The largest absolute Gasteiger partial charge is 0.351 e. The Morgan fingerprint density at radius 3 is 2.15 bits per heavy atom. The molecule has 0 aliphatic rings. The van der Waals surface area contributed by atoms with Gasteiger partial charge in [0.15, 0.2) is 0 Å². The van der Waals surface area contributed by atoms with Crippen LogP contribution < -0.4 is 11.1 Å². The van der Waals surface area contributed by atoms with E-state index in [1.54, 1.807) is 13.8 Å². The maximum absolute atomic E-state index is 11.4. The summed E-state index contributed by atoms with van der Waals surface area (Å²) in [6.07, 6.45) is 0.728. The van der Waals surface area contributed by atoms with Crippen molar-refractivity contribution in [2.45, 2.75) is 34.1 Å². The van der Waals surface area contributed by atoms with Crippen molar-refractivity contribution in [1.82, 2.24) is 5.32 Å². The Balaban J connectivity index is 4.27. The molecule has 0 aromatic rings. The van der Waals surface area contributed by atoms with Crippen LogP contribution in [0.5, 0.6) is 0 Å². The summed E-state index contributed by atoms with van der Waals surface area (Å²) in [5.41, 5.74) is 4.31. The highest BCUT2D eigenvalue weighted by Gasteiger charge is 2.29. The molecule has 0 unspecified atom stereocenters. The van der Waals surface area contributed by atoms with E-state index in [9.17, 15) is 9.59 Å². The molecular formula is C9H18N2O2. The number of urea groups is 1. The van der Waals surface area contributed by atoms with Gasteiger partial charge in [-0.25, -0.2) is 4.79 Å². The van der Waals surface area contributed by atoms with Gasteiger partial charge in [-0.1, -0.05) is 27.7 Å². The molecule has 0 heterocycles. The number of hydrogen-bond donors (Lipinski definition) is 2. The van der Waals surface area contributed by atoms with E-state index in [-0.39, 0.29) is 5.91 Å². The summed E-state index contributed by atoms with van der Waals surface area (Å²) in [6, 6.07) is -0.790. The SMILES string of the molecule is CC(C)CC(C)(C)C(=O)NC(N)=O. The van der Waals surface area contributed by atoms with Crippen LogP contribution in [0.3, 0.4) is 0 Å². The summed E-state index contributed by atoms with van der Waals surface area (Å²) in [4.78, 5) is 21.8. The molecule has 4 heteroatoms. The van der Waals surface area contributed by atoms with Gasteiger partial charge in [0.1, 0.15) is 0 Å². The zero-order valence-corrected chi connectivity index (χ0v) is 8.68. The molecule has 0 rings (SSSR count). The van der Waals surface area contributed by atoms with E-state index in [0.717, 1.165) is 6.42 Å². The zero-order valence-electron chi connectivity index (χ0n) is 8.68. The van der Waals surface area contributed by atoms with Gasteiger partial charge in [-0.3, -0.25) is 10.1 Å². The van der Waals surface area contributed by atoms with Gasteiger partial charge < -0.3 is 5.73 Å². The predicted octanol–water partition coefficient (Wildman–Crippen LogP) is 1.25. The molecule has 0 saturated heterocycles. The molecule has 76 valence electrons. The number of carbonyl (C=O) groups is 2. The van der Waals surface area contributed by atoms with Gasteiger partial charge in [0.05, 0.1) is 0 Å². The van der Waals surface area contributed by atoms with Crippen molar-refractivity contribution in [2.75, 3.05) is 0 Å². The summed E-state index contributed by atoms with van der Waals surface area (Å²) in [5.74, 6) is 0.0994. The quantitative estimate of drug-likeness (QED) is 0.696. The lowest BCUT2D eigenvalue weighted by atomic mass is 9.83. The fourth-order valence-corrected chi connectivity index (χ4v) is 1.39. The highest BCUT2D eigenvalue weighted by molar-refractivity contribution is 5.96. The van der Waals surface area contributed by atoms with Crippen LogP contribution in [0.15, 0.2) is 0 Å². The van der Waals surface area contributed by atoms with Crippen LogP contribution in [0.2, 0.25) is 0 Å². The average Bonchev–Trinajstić information content (AvgIpc) is 1.81. The third-order valence-corrected chi connectivity index (χ3v) is 1.77. The van der Waals surface area contributed by atoms with Crippen molar-refractivity contribution in [1.29, 1.82) is 0 Å². The van der Waals surface area contributed by atoms with Gasteiger partial charge in [0.2, 0.25) is 5.91 Å². The Hall–Kier alpha value is -1.06. The molecule has 0 bridgehead atoms. The van der Waals surface area contributed by atoms with Crippen LogP contribution in [0.1, 0.15) is 34.1 Å². The maximum atomic E-state index is 11.4. The number of rotatable bonds is 3. The first-order chi connectivity index (χ1) is 5.75. The van der Waals surface area contributed by atoms with Crippen molar-refractivity contribution in [3.63, 3.8) is 0 Å². The highest BCUT2D eigenvalue weighted by atomic mass is 16.2. The first-order valence-electron chi connectivity index (χ1n) is 4.36. The standard InChI is InChI=1S/C9H18N2O2/c1-6(2)5-9(3,4)7(12)11-8(10)13/h6H,5H2,1-4H3,(H3,10,11,12,13). The van der Waals surface area contributed by atoms with E-state index in [2.05, 4.69) is 5.32 Å². The van der Waals surface area contributed by atoms with Crippen molar-refractivity contribution in [3.8, 4) is 0 Å². The third kappa shape index (κ3) is 4.50. The van der Waals surface area contributed by atoms with Gasteiger partial charge in [-0.2, -0.15) is 0 Å². The summed E-state index contributed by atoms with van der Waals surface area (Å²) in [5, 5.41) is 2.09. The van der Waals surface area contributed by atoms with Crippen molar-refractivity contribution in [2.24, 2.45) is 17.1 Å². The minimum atomic E-state index is -0.790. The molecule has 0 radical (unpaired) electrons. The Kier molecular flexibility index (Phi) is 3.91. The highest BCUT2D eigenvalue weighted by Crippen LogP contribution is 2.25. The molecule has 0 aromatic heterocycles. The van der Waals surface area contributed by atoms with Crippen molar-refractivity contribution in [3.05, 3.63) is 0 Å². The molecule has 0 aliphatic heterocycles. The van der Waals surface area contributed by atoms with Crippen LogP contribution in [0.4, 0.5) is 4.79 Å². The number of carbonyl (C=O) groups excluding carboxylic acids is 2. The molecule has 0 aromatic carbocycles. The summed E-state index contributed by atoms with van der Waals surface area (Å²) < 4.78 is 0. The van der Waals surface area contributed by atoms with Gasteiger partial charge in [-0.15, -0.1) is 0 Å². The van der Waals surface area contributed by atoms with Gasteiger partial charge in [0, 0.05) is 5.41 Å². The maximum Gasteiger partial charge on any atom is 0.318 e.